The Kier molecular flexibility index (Phi) is 7.13. The predicted octanol–water partition coefficient (Wildman–Crippen LogP) is 4.97. The summed E-state index contributed by atoms with van der Waals surface area (Å²) >= 11 is 0. The summed E-state index contributed by atoms with van der Waals surface area (Å²) in [4.78, 5) is 8.56. The molecule has 2 aromatic carbocycles. The molecule has 0 saturated carbocycles. The van der Waals surface area contributed by atoms with Gasteiger partial charge in [0.2, 0.25) is 0 Å². The number of aryl methyl sites for hydroxylation is 1. The van der Waals surface area contributed by atoms with Crippen molar-refractivity contribution in [3.05, 3.63) is 53.1 Å². The third-order valence-corrected chi connectivity index (χ3v) is 3.80. The van der Waals surface area contributed by atoms with Crippen LogP contribution in [-0.4, -0.2) is 21.5 Å². The molecule has 0 saturated heterocycles. The third kappa shape index (κ3) is 4.74. The summed E-state index contributed by atoms with van der Waals surface area (Å²) in [6.07, 6.45) is 1.02. The first-order valence-electron chi connectivity index (χ1n) is 7.79. The van der Waals surface area contributed by atoms with Gasteiger partial charge < -0.3 is 15.3 Å². The Morgan fingerprint density at radius 2 is 1.39 bits per heavy atom. The van der Waals surface area contributed by atoms with Gasteiger partial charge in [0.1, 0.15) is 5.75 Å². The van der Waals surface area contributed by atoms with Crippen molar-refractivity contribution >= 4 is 6.16 Å². The first-order valence-corrected chi connectivity index (χ1v) is 7.79. The second kappa shape index (κ2) is 8.83. The van der Waals surface area contributed by atoms with Gasteiger partial charge in [0.15, 0.2) is 0 Å². The minimum Gasteiger partial charge on any atom is -0.508 e. The molecule has 0 heterocycles. The Bertz CT molecular complexity index is 658. The molecule has 0 aliphatic heterocycles. The number of phenolic OH excluding ortho intramolecular Hbond substituents is 1. The van der Waals surface area contributed by atoms with Gasteiger partial charge in [0.05, 0.1) is 0 Å². The van der Waals surface area contributed by atoms with Crippen molar-refractivity contribution in [2.75, 3.05) is 0 Å². The Labute approximate surface area is 137 Å². The Hall–Kier alpha value is -2.49. The Morgan fingerprint density at radius 3 is 1.91 bits per heavy atom. The molecule has 0 radical (unpaired) electrons. The molecule has 0 unspecified atom stereocenters. The number of hydrogen-bond acceptors (Lipinski definition) is 2. The van der Waals surface area contributed by atoms with E-state index in [-0.39, 0.29) is 0 Å². The summed E-state index contributed by atoms with van der Waals surface area (Å²) in [7, 11) is 0. The van der Waals surface area contributed by atoms with Crippen molar-refractivity contribution in [3.8, 4) is 16.9 Å². The van der Waals surface area contributed by atoms with Crippen LogP contribution in [0, 0.1) is 0 Å². The van der Waals surface area contributed by atoms with Gasteiger partial charge in [-0.25, -0.2) is 4.79 Å². The molecule has 0 spiro atoms. The highest BCUT2D eigenvalue weighted by molar-refractivity contribution is 5.73. The molecule has 0 aromatic heterocycles. The monoisotopic (exact) mass is 316 g/mol. The Morgan fingerprint density at radius 1 is 0.826 bits per heavy atom. The maximum absolute atomic E-state index is 10.0. The lowest BCUT2D eigenvalue weighted by molar-refractivity contribution is 0.137. The van der Waals surface area contributed by atoms with E-state index in [1.165, 1.54) is 22.3 Å². The van der Waals surface area contributed by atoms with E-state index in [1.54, 1.807) is 0 Å². The lowest BCUT2D eigenvalue weighted by atomic mass is 9.89. The number of aromatic hydroxyl groups is 1. The van der Waals surface area contributed by atoms with Crippen LogP contribution >= 0.6 is 0 Å². The van der Waals surface area contributed by atoms with Gasteiger partial charge in [0.25, 0.3) is 0 Å². The zero-order chi connectivity index (χ0) is 17.4. The van der Waals surface area contributed by atoms with Crippen LogP contribution in [0.4, 0.5) is 4.79 Å². The molecule has 0 amide bonds. The summed E-state index contributed by atoms with van der Waals surface area (Å²) in [5.41, 5.74) is 6.31. The van der Waals surface area contributed by atoms with Crippen LogP contribution in [0.15, 0.2) is 36.4 Å². The zero-order valence-corrected chi connectivity index (χ0v) is 13.8. The largest absolute Gasteiger partial charge is 0.508 e. The van der Waals surface area contributed by atoms with Gasteiger partial charge in [-0.1, -0.05) is 51.1 Å². The number of rotatable bonds is 4. The predicted molar refractivity (Wildman–Crippen MR) is 92.3 cm³/mol. The zero-order valence-electron chi connectivity index (χ0n) is 13.8. The summed E-state index contributed by atoms with van der Waals surface area (Å²) in [6, 6.07) is 12.4. The SMILES string of the molecule is CCc1ccccc1-c1ccc(O)c(CC)c1CC.O=C(O)O. The van der Waals surface area contributed by atoms with Crippen LogP contribution in [-0.2, 0) is 19.3 Å². The van der Waals surface area contributed by atoms with Gasteiger partial charge in [-0.3, -0.25) is 0 Å². The molecular formula is C19H24O4. The smallest absolute Gasteiger partial charge is 0.503 e. The molecule has 2 aromatic rings. The summed E-state index contributed by atoms with van der Waals surface area (Å²) in [5, 5.41) is 24.0. The fraction of sp³-hybridized carbons (Fsp3) is 0.316. The lowest BCUT2D eigenvalue weighted by Gasteiger charge is -2.16. The van der Waals surface area contributed by atoms with E-state index in [0.717, 1.165) is 24.8 Å². The summed E-state index contributed by atoms with van der Waals surface area (Å²) < 4.78 is 0. The molecule has 0 aliphatic carbocycles. The van der Waals surface area contributed by atoms with Crippen molar-refractivity contribution < 1.29 is 20.1 Å². The van der Waals surface area contributed by atoms with E-state index in [2.05, 4.69) is 51.1 Å². The topological polar surface area (TPSA) is 77.8 Å². The highest BCUT2D eigenvalue weighted by Crippen LogP contribution is 2.34. The van der Waals surface area contributed by atoms with Gasteiger partial charge in [0, 0.05) is 0 Å². The van der Waals surface area contributed by atoms with E-state index in [1.807, 2.05) is 6.07 Å². The fourth-order valence-electron chi connectivity index (χ4n) is 2.82. The van der Waals surface area contributed by atoms with Crippen LogP contribution in [0.2, 0.25) is 0 Å². The molecule has 23 heavy (non-hydrogen) atoms. The molecule has 0 aliphatic rings. The highest BCUT2D eigenvalue weighted by Gasteiger charge is 2.13. The molecule has 4 nitrogen and oxygen atoms in total. The van der Waals surface area contributed by atoms with Crippen molar-refractivity contribution in [3.63, 3.8) is 0 Å². The number of carboxylic acid groups (broad SMARTS) is 2. The number of hydrogen-bond donors (Lipinski definition) is 3. The normalized spacial score (nSPS) is 9.87. The first kappa shape index (κ1) is 18.6. The number of carbonyl (C=O) groups is 1. The average molecular weight is 316 g/mol. The van der Waals surface area contributed by atoms with Crippen LogP contribution < -0.4 is 0 Å². The number of phenols is 1. The molecule has 4 heteroatoms. The molecule has 3 N–H and O–H groups in total. The van der Waals surface area contributed by atoms with Crippen molar-refractivity contribution in [2.45, 2.75) is 40.0 Å². The molecular weight excluding hydrogens is 292 g/mol. The lowest BCUT2D eigenvalue weighted by Crippen LogP contribution is -1.97. The van der Waals surface area contributed by atoms with Crippen LogP contribution in [0.25, 0.3) is 11.1 Å². The molecule has 0 atom stereocenters. The average Bonchev–Trinajstić information content (AvgIpc) is 2.53. The van der Waals surface area contributed by atoms with Crippen molar-refractivity contribution in [1.82, 2.24) is 0 Å². The minimum absolute atomic E-state index is 0.428. The van der Waals surface area contributed by atoms with E-state index < -0.39 is 6.16 Å². The summed E-state index contributed by atoms with van der Waals surface area (Å²) in [5.74, 6) is 0.428. The Balaban J connectivity index is 0.000000593. The first-order chi connectivity index (χ1) is 11.0. The maximum atomic E-state index is 10.0. The van der Waals surface area contributed by atoms with Crippen LogP contribution in [0.1, 0.15) is 37.5 Å². The van der Waals surface area contributed by atoms with Crippen molar-refractivity contribution in [1.29, 1.82) is 0 Å². The minimum atomic E-state index is -1.83. The molecule has 124 valence electrons. The second-order valence-corrected chi connectivity index (χ2v) is 5.09. The standard InChI is InChI=1S/C18H22O.CH2O3/c1-4-13-9-7-8-10-16(13)17-11-12-18(19)15(6-3)14(17)5-2;2-1(3)4/h7-12,19H,4-6H2,1-3H3;(H2,2,3,4). The number of benzene rings is 2. The maximum Gasteiger partial charge on any atom is 0.503 e. The quantitative estimate of drug-likeness (QED) is 0.744. The second-order valence-electron chi connectivity index (χ2n) is 5.09. The molecule has 0 fully saturated rings. The van der Waals surface area contributed by atoms with Gasteiger partial charge in [-0.05, 0) is 53.1 Å². The highest BCUT2D eigenvalue weighted by atomic mass is 16.6. The van der Waals surface area contributed by atoms with Gasteiger partial charge in [-0.2, -0.15) is 0 Å². The molecule has 0 bridgehead atoms. The van der Waals surface area contributed by atoms with Crippen molar-refractivity contribution in [2.24, 2.45) is 0 Å². The fourth-order valence-corrected chi connectivity index (χ4v) is 2.82. The summed E-state index contributed by atoms with van der Waals surface area (Å²) in [6.45, 7) is 6.45. The third-order valence-electron chi connectivity index (χ3n) is 3.80. The van der Waals surface area contributed by atoms with E-state index in [9.17, 15) is 5.11 Å². The van der Waals surface area contributed by atoms with Crippen LogP contribution in [0.3, 0.4) is 0 Å². The van der Waals surface area contributed by atoms with E-state index in [0.29, 0.717) is 5.75 Å². The van der Waals surface area contributed by atoms with E-state index in [4.69, 9.17) is 15.0 Å². The van der Waals surface area contributed by atoms with E-state index >= 15 is 0 Å². The molecule has 2 rings (SSSR count). The van der Waals surface area contributed by atoms with Crippen LogP contribution in [0.5, 0.6) is 5.75 Å². The van der Waals surface area contributed by atoms with Gasteiger partial charge in [-0.15, -0.1) is 0 Å². The van der Waals surface area contributed by atoms with Gasteiger partial charge >= 0.3 is 6.16 Å².